The first-order chi connectivity index (χ1) is 14.5. The molecule has 1 fully saturated rings. The molecule has 0 spiro atoms. The van der Waals surface area contributed by atoms with E-state index in [2.05, 4.69) is 40.1 Å². The van der Waals surface area contributed by atoms with Gasteiger partial charge in [-0.25, -0.2) is 0 Å². The van der Waals surface area contributed by atoms with E-state index in [0.29, 0.717) is 41.7 Å². The zero-order chi connectivity index (χ0) is 21.3. The first-order valence-electron chi connectivity index (χ1n) is 10.5. The number of halogens is 2. The lowest BCUT2D eigenvalue weighted by atomic mass is 9.96. The maximum Gasteiger partial charge on any atom is 0.317 e. The lowest BCUT2D eigenvalue weighted by Crippen LogP contribution is -2.42. The van der Waals surface area contributed by atoms with Crippen molar-refractivity contribution in [1.29, 1.82) is 0 Å². The van der Waals surface area contributed by atoms with Gasteiger partial charge < -0.3 is 14.4 Å². The number of piperidine rings is 1. The molecular formula is C22H28Cl2N4O2. The maximum atomic E-state index is 6.58. The fourth-order valence-corrected chi connectivity index (χ4v) is 4.78. The zero-order valence-electron chi connectivity index (χ0n) is 17.5. The Morgan fingerprint density at radius 3 is 2.70 bits per heavy atom. The fraction of sp³-hybridized carbons (Fsp3) is 0.545. The Balaban J connectivity index is 1.48. The molecule has 0 bridgehead atoms. The third kappa shape index (κ3) is 4.32. The van der Waals surface area contributed by atoms with Gasteiger partial charge in [0.1, 0.15) is 24.3 Å². The number of hydrogen-bond donors (Lipinski definition) is 0. The van der Waals surface area contributed by atoms with Gasteiger partial charge in [-0.15, -0.1) is 5.10 Å². The summed E-state index contributed by atoms with van der Waals surface area (Å²) in [6, 6.07) is 4.80. The van der Waals surface area contributed by atoms with Gasteiger partial charge in [-0.1, -0.05) is 41.0 Å². The quantitative estimate of drug-likeness (QED) is 0.570. The van der Waals surface area contributed by atoms with Crippen molar-refractivity contribution < 1.29 is 9.47 Å². The largest absolute Gasteiger partial charge is 0.489 e. The van der Waals surface area contributed by atoms with E-state index in [9.17, 15) is 0 Å². The summed E-state index contributed by atoms with van der Waals surface area (Å²) in [5, 5.41) is 9.72. The second-order valence-corrected chi connectivity index (χ2v) is 9.02. The van der Waals surface area contributed by atoms with Crippen molar-refractivity contribution in [3.63, 3.8) is 0 Å². The highest BCUT2D eigenvalue weighted by atomic mass is 35.5. The van der Waals surface area contributed by atoms with Crippen LogP contribution in [0, 0.1) is 0 Å². The minimum atomic E-state index is 0.103. The standard InChI is InChI=1S/C22H28Cl2N4O2/c1-4-11-29-18-6-5-17(23)21(24)20(18)15-12-19-25-26-22(28(19)13-15)30-16-7-9-27(10-8-16)14(2)3/h4-6,14-16H,1,7-13H2,2-3H3. The van der Waals surface area contributed by atoms with E-state index in [1.54, 1.807) is 12.1 Å². The van der Waals surface area contributed by atoms with Crippen LogP contribution >= 0.6 is 23.2 Å². The van der Waals surface area contributed by atoms with Crippen LogP contribution < -0.4 is 9.47 Å². The molecule has 1 saturated heterocycles. The number of ether oxygens (including phenoxy) is 2. The van der Waals surface area contributed by atoms with E-state index >= 15 is 0 Å². The predicted octanol–water partition coefficient (Wildman–Crippen LogP) is 4.74. The molecule has 2 aliphatic heterocycles. The molecule has 3 heterocycles. The van der Waals surface area contributed by atoms with E-state index < -0.39 is 0 Å². The number of likely N-dealkylation sites (tertiary alicyclic amines) is 1. The summed E-state index contributed by atoms with van der Waals surface area (Å²) in [4.78, 5) is 2.48. The second-order valence-electron chi connectivity index (χ2n) is 8.23. The van der Waals surface area contributed by atoms with Crippen LogP contribution in [0.2, 0.25) is 10.0 Å². The van der Waals surface area contributed by atoms with Crippen LogP contribution in [-0.4, -0.2) is 51.5 Å². The van der Waals surface area contributed by atoms with Crippen LogP contribution in [0.15, 0.2) is 24.8 Å². The monoisotopic (exact) mass is 450 g/mol. The van der Waals surface area contributed by atoms with Gasteiger partial charge in [0.15, 0.2) is 0 Å². The molecule has 162 valence electrons. The molecule has 1 aromatic carbocycles. The fourth-order valence-electron chi connectivity index (χ4n) is 4.30. The number of aromatic nitrogens is 3. The predicted molar refractivity (Wildman–Crippen MR) is 119 cm³/mol. The second kappa shape index (κ2) is 9.16. The number of benzene rings is 1. The Labute approximate surface area is 187 Å². The Morgan fingerprint density at radius 2 is 2.00 bits per heavy atom. The average molecular weight is 451 g/mol. The molecule has 0 amide bonds. The molecule has 0 radical (unpaired) electrons. The Bertz CT molecular complexity index is 907. The highest BCUT2D eigenvalue weighted by Gasteiger charge is 2.33. The van der Waals surface area contributed by atoms with Gasteiger partial charge in [0.05, 0.1) is 10.0 Å². The Morgan fingerprint density at radius 1 is 1.23 bits per heavy atom. The van der Waals surface area contributed by atoms with Crippen molar-refractivity contribution in [3.8, 4) is 11.8 Å². The number of hydrogen-bond acceptors (Lipinski definition) is 5. The minimum absolute atomic E-state index is 0.103. The molecule has 4 rings (SSSR count). The van der Waals surface area contributed by atoms with E-state index in [-0.39, 0.29) is 12.0 Å². The third-order valence-electron chi connectivity index (χ3n) is 5.96. The maximum absolute atomic E-state index is 6.58. The number of rotatable bonds is 7. The average Bonchev–Trinajstić information content (AvgIpc) is 3.31. The van der Waals surface area contributed by atoms with Crippen molar-refractivity contribution in [2.24, 2.45) is 0 Å². The van der Waals surface area contributed by atoms with Crippen molar-refractivity contribution in [3.05, 3.63) is 46.2 Å². The van der Waals surface area contributed by atoms with Crippen LogP contribution in [0.3, 0.4) is 0 Å². The molecule has 2 aromatic rings. The van der Waals surface area contributed by atoms with Crippen LogP contribution in [0.1, 0.15) is 44.0 Å². The molecule has 0 aliphatic carbocycles. The first kappa shape index (κ1) is 21.5. The normalized spacial score (nSPS) is 19.8. The SMILES string of the molecule is C=CCOc1ccc(Cl)c(Cl)c1C1Cc2nnc(OC3CCN(C(C)C)CC3)n2C1. The summed E-state index contributed by atoms with van der Waals surface area (Å²) < 4.78 is 14.2. The van der Waals surface area contributed by atoms with Gasteiger partial charge in [-0.05, 0) is 38.8 Å². The summed E-state index contributed by atoms with van der Waals surface area (Å²) >= 11 is 12.9. The molecule has 2 aliphatic rings. The lowest BCUT2D eigenvalue weighted by molar-refractivity contribution is 0.0748. The van der Waals surface area contributed by atoms with Crippen LogP contribution in [0.25, 0.3) is 0 Å². The number of fused-ring (bicyclic) bond motifs is 1. The molecule has 6 nitrogen and oxygen atoms in total. The van der Waals surface area contributed by atoms with Crippen molar-refractivity contribution in [2.45, 2.75) is 57.7 Å². The highest BCUT2D eigenvalue weighted by molar-refractivity contribution is 6.42. The molecular weight excluding hydrogens is 423 g/mol. The summed E-state index contributed by atoms with van der Waals surface area (Å²) in [6.07, 6.45) is 4.61. The summed E-state index contributed by atoms with van der Waals surface area (Å²) in [6.45, 7) is 11.4. The third-order valence-corrected chi connectivity index (χ3v) is 6.78. The molecule has 8 heteroatoms. The molecule has 30 heavy (non-hydrogen) atoms. The summed E-state index contributed by atoms with van der Waals surface area (Å²) in [7, 11) is 0. The Hall–Kier alpha value is -1.76. The van der Waals surface area contributed by atoms with E-state index in [0.717, 1.165) is 43.1 Å². The molecule has 1 atom stereocenters. The smallest absolute Gasteiger partial charge is 0.317 e. The lowest BCUT2D eigenvalue weighted by Gasteiger charge is -2.34. The van der Waals surface area contributed by atoms with Crippen molar-refractivity contribution >= 4 is 23.2 Å². The molecule has 0 saturated carbocycles. The van der Waals surface area contributed by atoms with Gasteiger partial charge in [0, 0.05) is 43.6 Å². The van der Waals surface area contributed by atoms with Crippen molar-refractivity contribution in [1.82, 2.24) is 19.7 Å². The van der Waals surface area contributed by atoms with Crippen LogP contribution in [0.4, 0.5) is 0 Å². The van der Waals surface area contributed by atoms with E-state index in [1.165, 1.54) is 0 Å². The van der Waals surface area contributed by atoms with Gasteiger partial charge in [-0.3, -0.25) is 4.57 Å². The summed E-state index contributed by atoms with van der Waals surface area (Å²) in [5.74, 6) is 1.74. The van der Waals surface area contributed by atoms with Gasteiger partial charge in [0.25, 0.3) is 0 Å². The Kier molecular flexibility index (Phi) is 6.56. The van der Waals surface area contributed by atoms with E-state index in [4.69, 9.17) is 32.7 Å². The van der Waals surface area contributed by atoms with Gasteiger partial charge in [0.2, 0.25) is 0 Å². The summed E-state index contributed by atoms with van der Waals surface area (Å²) in [5.41, 5.74) is 0.910. The molecule has 1 aromatic heterocycles. The minimum Gasteiger partial charge on any atom is -0.489 e. The highest BCUT2D eigenvalue weighted by Crippen LogP contribution is 2.43. The van der Waals surface area contributed by atoms with Gasteiger partial charge >= 0.3 is 6.01 Å². The van der Waals surface area contributed by atoms with Crippen LogP contribution in [-0.2, 0) is 13.0 Å². The molecule has 0 N–H and O–H groups in total. The molecule has 1 unspecified atom stereocenters. The zero-order valence-corrected chi connectivity index (χ0v) is 19.0. The topological polar surface area (TPSA) is 52.4 Å². The van der Waals surface area contributed by atoms with Gasteiger partial charge in [-0.2, -0.15) is 0 Å². The van der Waals surface area contributed by atoms with Crippen LogP contribution in [0.5, 0.6) is 11.8 Å². The number of nitrogens with zero attached hydrogens (tertiary/aromatic N) is 4. The first-order valence-corrected chi connectivity index (χ1v) is 11.3. The van der Waals surface area contributed by atoms with E-state index in [1.807, 2.05) is 6.07 Å². The van der Waals surface area contributed by atoms with Crippen molar-refractivity contribution in [2.75, 3.05) is 19.7 Å².